The summed E-state index contributed by atoms with van der Waals surface area (Å²) in [4.78, 5) is 29.0. The highest BCUT2D eigenvalue weighted by Gasteiger charge is 2.29. The van der Waals surface area contributed by atoms with Gasteiger partial charge in [-0.15, -0.1) is 0 Å². The van der Waals surface area contributed by atoms with Crippen molar-refractivity contribution >= 4 is 22.7 Å². The number of aromatic nitrogens is 1. The number of nitrogens with zero attached hydrogens (tertiary/aromatic N) is 1. The first-order chi connectivity index (χ1) is 11.2. The van der Waals surface area contributed by atoms with E-state index in [0.717, 1.165) is 10.9 Å². The number of likely N-dealkylation sites (tertiary alicyclic amines) is 1. The number of methoxy groups -OCH3 is 1. The van der Waals surface area contributed by atoms with Crippen LogP contribution in [0.4, 0.5) is 0 Å². The van der Waals surface area contributed by atoms with E-state index in [-0.39, 0.29) is 17.7 Å². The van der Waals surface area contributed by atoms with Gasteiger partial charge in [-0.2, -0.15) is 0 Å². The fraction of sp³-hybridized carbons (Fsp3) is 0.412. The van der Waals surface area contributed by atoms with E-state index < -0.39 is 0 Å². The third kappa shape index (κ3) is 3.53. The number of hydrogen-bond acceptors (Lipinski definition) is 3. The maximum absolute atomic E-state index is 12.3. The molecule has 2 heterocycles. The first kappa shape index (κ1) is 15.6. The van der Waals surface area contributed by atoms with E-state index in [1.807, 2.05) is 30.5 Å². The Bertz CT molecular complexity index is 710. The Balaban J connectivity index is 1.54. The number of rotatable bonds is 6. The fourth-order valence-corrected chi connectivity index (χ4v) is 2.94. The van der Waals surface area contributed by atoms with Crippen molar-refractivity contribution in [3.63, 3.8) is 0 Å². The normalized spacial score (nSPS) is 17.9. The lowest BCUT2D eigenvalue weighted by Gasteiger charge is -2.16. The molecular formula is C17H21N3O3. The Morgan fingerprint density at radius 1 is 1.43 bits per heavy atom. The first-order valence-electron chi connectivity index (χ1n) is 7.79. The van der Waals surface area contributed by atoms with Gasteiger partial charge in [-0.3, -0.25) is 9.59 Å². The molecule has 0 bridgehead atoms. The van der Waals surface area contributed by atoms with E-state index in [1.54, 1.807) is 12.0 Å². The third-order valence-corrected chi connectivity index (χ3v) is 4.23. The van der Waals surface area contributed by atoms with E-state index in [1.165, 1.54) is 0 Å². The van der Waals surface area contributed by atoms with Gasteiger partial charge in [0.05, 0.1) is 6.61 Å². The zero-order chi connectivity index (χ0) is 16.2. The molecule has 2 aromatic rings. The summed E-state index contributed by atoms with van der Waals surface area (Å²) in [5.74, 6) is 0.191. The van der Waals surface area contributed by atoms with Crippen LogP contribution in [0.3, 0.4) is 0 Å². The molecule has 1 aliphatic heterocycles. The molecule has 0 radical (unpaired) electrons. The second kappa shape index (κ2) is 6.83. The molecule has 1 atom stereocenters. The summed E-state index contributed by atoms with van der Waals surface area (Å²) in [6, 6.07) is 7.55. The highest BCUT2D eigenvalue weighted by molar-refractivity contribution is 5.97. The lowest BCUT2D eigenvalue weighted by Crippen LogP contribution is -2.32. The minimum absolute atomic E-state index is 0.107. The Morgan fingerprint density at radius 2 is 2.30 bits per heavy atom. The van der Waals surface area contributed by atoms with Crippen LogP contribution in [0.15, 0.2) is 30.5 Å². The number of aromatic amines is 1. The molecule has 0 spiro atoms. The highest BCUT2D eigenvalue weighted by atomic mass is 16.5. The molecule has 0 saturated carbocycles. The number of fused-ring (bicyclic) bond motifs is 1. The van der Waals surface area contributed by atoms with Gasteiger partial charge in [0.25, 0.3) is 5.91 Å². The molecule has 1 aromatic heterocycles. The molecule has 0 unspecified atom stereocenters. The Hall–Kier alpha value is -2.34. The number of carbonyl (C=O) groups is 2. The molecule has 3 rings (SSSR count). The summed E-state index contributed by atoms with van der Waals surface area (Å²) in [5.41, 5.74) is 1.57. The Labute approximate surface area is 134 Å². The van der Waals surface area contributed by atoms with E-state index in [0.29, 0.717) is 38.2 Å². The summed E-state index contributed by atoms with van der Waals surface area (Å²) in [6.07, 6.45) is 2.34. The quantitative estimate of drug-likeness (QED) is 0.846. The number of carbonyl (C=O) groups excluding carboxylic acids is 2. The van der Waals surface area contributed by atoms with Crippen molar-refractivity contribution in [2.24, 2.45) is 5.92 Å². The Morgan fingerprint density at radius 3 is 3.13 bits per heavy atom. The minimum atomic E-state index is -0.107. The molecule has 0 aliphatic carbocycles. The highest BCUT2D eigenvalue weighted by Crippen LogP contribution is 2.17. The van der Waals surface area contributed by atoms with Crippen LogP contribution in [-0.2, 0) is 9.53 Å². The summed E-state index contributed by atoms with van der Waals surface area (Å²) in [5, 5.41) is 4.01. The first-order valence-corrected chi connectivity index (χ1v) is 7.79. The molecule has 6 nitrogen and oxygen atoms in total. The monoisotopic (exact) mass is 315 g/mol. The molecule has 23 heavy (non-hydrogen) atoms. The predicted octanol–water partition coefficient (Wildman–Crippen LogP) is 1.39. The lowest BCUT2D eigenvalue weighted by atomic mass is 10.1. The van der Waals surface area contributed by atoms with E-state index in [2.05, 4.69) is 10.3 Å². The second-order valence-electron chi connectivity index (χ2n) is 5.89. The number of benzene rings is 1. The molecular weight excluding hydrogens is 294 g/mol. The lowest BCUT2D eigenvalue weighted by molar-refractivity contribution is -0.128. The fourth-order valence-electron chi connectivity index (χ4n) is 2.94. The zero-order valence-corrected chi connectivity index (χ0v) is 13.2. The molecule has 1 fully saturated rings. The smallest absolute Gasteiger partial charge is 0.251 e. The SMILES string of the molecule is COCCN1C[C@@H](CNC(=O)c2ccc3cc[nH]c3c2)CC1=O. The molecule has 2 amide bonds. The number of nitrogens with one attached hydrogen (secondary N) is 2. The van der Waals surface area contributed by atoms with Crippen molar-refractivity contribution < 1.29 is 14.3 Å². The summed E-state index contributed by atoms with van der Waals surface area (Å²) >= 11 is 0. The number of ether oxygens (including phenoxy) is 1. The van der Waals surface area contributed by atoms with Crippen molar-refractivity contribution in [3.05, 3.63) is 36.0 Å². The van der Waals surface area contributed by atoms with Crippen LogP contribution in [-0.4, -0.2) is 55.0 Å². The average Bonchev–Trinajstić information content (AvgIpc) is 3.16. The zero-order valence-electron chi connectivity index (χ0n) is 13.2. The van der Waals surface area contributed by atoms with Crippen molar-refractivity contribution in [2.45, 2.75) is 6.42 Å². The van der Waals surface area contributed by atoms with Crippen molar-refractivity contribution in [1.82, 2.24) is 15.2 Å². The topological polar surface area (TPSA) is 74.4 Å². The Kier molecular flexibility index (Phi) is 4.62. The van der Waals surface area contributed by atoms with Crippen molar-refractivity contribution in [3.8, 4) is 0 Å². The van der Waals surface area contributed by atoms with Gasteiger partial charge in [0.15, 0.2) is 0 Å². The van der Waals surface area contributed by atoms with Crippen molar-refractivity contribution in [2.75, 3.05) is 33.4 Å². The van der Waals surface area contributed by atoms with Crippen LogP contribution in [0.1, 0.15) is 16.8 Å². The van der Waals surface area contributed by atoms with E-state index in [4.69, 9.17) is 4.74 Å². The van der Waals surface area contributed by atoms with E-state index >= 15 is 0 Å². The van der Waals surface area contributed by atoms with Crippen LogP contribution in [0.5, 0.6) is 0 Å². The molecule has 1 aromatic carbocycles. The summed E-state index contributed by atoms with van der Waals surface area (Å²) in [7, 11) is 1.62. The van der Waals surface area contributed by atoms with E-state index in [9.17, 15) is 9.59 Å². The maximum Gasteiger partial charge on any atom is 0.251 e. The molecule has 6 heteroatoms. The van der Waals surface area contributed by atoms with Gasteiger partial charge in [0.2, 0.25) is 5.91 Å². The van der Waals surface area contributed by atoms with Gasteiger partial charge in [-0.25, -0.2) is 0 Å². The van der Waals surface area contributed by atoms with Crippen LogP contribution in [0.25, 0.3) is 10.9 Å². The van der Waals surface area contributed by atoms with Gasteiger partial charge >= 0.3 is 0 Å². The molecule has 1 aliphatic rings. The average molecular weight is 315 g/mol. The minimum Gasteiger partial charge on any atom is -0.383 e. The van der Waals surface area contributed by atoms with Gasteiger partial charge < -0.3 is 19.9 Å². The largest absolute Gasteiger partial charge is 0.383 e. The van der Waals surface area contributed by atoms with Gasteiger partial charge in [-0.05, 0) is 23.6 Å². The van der Waals surface area contributed by atoms with Gasteiger partial charge in [0, 0.05) is 56.4 Å². The van der Waals surface area contributed by atoms with Crippen LogP contribution in [0, 0.1) is 5.92 Å². The maximum atomic E-state index is 12.3. The van der Waals surface area contributed by atoms with Gasteiger partial charge in [0.1, 0.15) is 0 Å². The summed E-state index contributed by atoms with van der Waals surface area (Å²) in [6.45, 7) is 2.35. The van der Waals surface area contributed by atoms with Gasteiger partial charge in [-0.1, -0.05) is 6.07 Å². The third-order valence-electron chi connectivity index (χ3n) is 4.23. The van der Waals surface area contributed by atoms with Crippen molar-refractivity contribution in [1.29, 1.82) is 0 Å². The number of hydrogen-bond donors (Lipinski definition) is 2. The summed E-state index contributed by atoms with van der Waals surface area (Å²) < 4.78 is 5.01. The molecule has 122 valence electrons. The second-order valence-corrected chi connectivity index (χ2v) is 5.89. The van der Waals surface area contributed by atoms with Crippen LogP contribution in [0.2, 0.25) is 0 Å². The van der Waals surface area contributed by atoms with Crippen LogP contribution < -0.4 is 5.32 Å². The van der Waals surface area contributed by atoms with Crippen LogP contribution >= 0.6 is 0 Å². The molecule has 1 saturated heterocycles. The predicted molar refractivity (Wildman–Crippen MR) is 87.2 cm³/mol. The standard InChI is InChI=1S/C17H21N3O3/c1-23-7-6-20-11-12(8-16(20)21)10-19-17(22)14-3-2-13-4-5-18-15(13)9-14/h2-5,9,12,18H,6-8,10-11H2,1H3,(H,19,22)/t12-/m1/s1. The number of amides is 2. The number of H-pyrrole nitrogens is 1. The molecule has 2 N–H and O–H groups in total.